The van der Waals surface area contributed by atoms with Gasteiger partial charge in [0.25, 0.3) is 0 Å². The fourth-order valence-electron chi connectivity index (χ4n) is 2.77. The van der Waals surface area contributed by atoms with Crippen molar-refractivity contribution in [2.45, 2.75) is 32.7 Å². The monoisotopic (exact) mass is 426 g/mol. The molecule has 1 heterocycles. The van der Waals surface area contributed by atoms with Gasteiger partial charge in [-0.1, -0.05) is 6.07 Å². The number of rotatable bonds is 5. The van der Waals surface area contributed by atoms with Gasteiger partial charge in [-0.15, -0.1) is 0 Å². The number of thiocarbonyl (C=S) groups is 1. The van der Waals surface area contributed by atoms with Gasteiger partial charge in [-0.3, -0.25) is 0 Å². The van der Waals surface area contributed by atoms with Gasteiger partial charge in [0.05, 0.1) is 34.8 Å². The van der Waals surface area contributed by atoms with E-state index in [1.165, 1.54) is 18.2 Å². The second-order valence-electron chi connectivity index (χ2n) is 6.55. The molecule has 0 fully saturated rings. The third kappa shape index (κ3) is 5.35. The predicted molar refractivity (Wildman–Crippen MR) is 108 cm³/mol. The standard InChI is InChI=1S/C19H18F4N4OS/c1-11(2)28-16-7-6-12(20)8-15(16)26-18(29)25-14-5-3-4-13-17(14)27(10-24-13)9-19(21,22)23/h3-8,10-11H,9H2,1-2H3,(H2,25,26,29). The fraction of sp³-hybridized carbons (Fsp3) is 0.263. The summed E-state index contributed by atoms with van der Waals surface area (Å²) in [6.45, 7) is 2.47. The van der Waals surface area contributed by atoms with Gasteiger partial charge in [-0.05, 0) is 50.3 Å². The number of para-hydroxylation sites is 1. The van der Waals surface area contributed by atoms with Gasteiger partial charge in [-0.2, -0.15) is 13.2 Å². The van der Waals surface area contributed by atoms with Crippen molar-refractivity contribution in [3.63, 3.8) is 0 Å². The number of hydrogen-bond acceptors (Lipinski definition) is 3. The zero-order valence-electron chi connectivity index (χ0n) is 15.5. The van der Waals surface area contributed by atoms with E-state index in [0.29, 0.717) is 22.6 Å². The van der Waals surface area contributed by atoms with Crippen LogP contribution in [-0.4, -0.2) is 26.9 Å². The van der Waals surface area contributed by atoms with E-state index in [-0.39, 0.29) is 16.7 Å². The first-order valence-electron chi connectivity index (χ1n) is 8.67. The number of anilines is 2. The van der Waals surface area contributed by atoms with Gasteiger partial charge in [0, 0.05) is 6.07 Å². The highest BCUT2D eigenvalue weighted by molar-refractivity contribution is 7.80. The Balaban J connectivity index is 1.86. The molecule has 0 bridgehead atoms. The summed E-state index contributed by atoms with van der Waals surface area (Å²) < 4.78 is 58.9. The molecule has 0 aliphatic rings. The van der Waals surface area contributed by atoms with Crippen LogP contribution in [0.25, 0.3) is 11.0 Å². The summed E-state index contributed by atoms with van der Waals surface area (Å²) in [5, 5.41) is 5.76. The first kappa shape index (κ1) is 20.8. The molecule has 154 valence electrons. The SMILES string of the molecule is CC(C)Oc1ccc(F)cc1NC(=S)Nc1cccc2ncn(CC(F)(F)F)c12. The molecular weight excluding hydrogens is 408 g/mol. The van der Waals surface area contributed by atoms with Crippen LogP contribution in [0.15, 0.2) is 42.7 Å². The number of nitrogens with one attached hydrogen (secondary N) is 2. The number of halogens is 4. The largest absolute Gasteiger partial charge is 0.489 e. The molecule has 29 heavy (non-hydrogen) atoms. The topological polar surface area (TPSA) is 51.1 Å². The Morgan fingerprint density at radius 1 is 1.17 bits per heavy atom. The summed E-state index contributed by atoms with van der Waals surface area (Å²) in [7, 11) is 0. The molecule has 0 saturated carbocycles. The Labute approximate surface area is 169 Å². The number of ether oxygens (including phenoxy) is 1. The Morgan fingerprint density at radius 3 is 2.59 bits per heavy atom. The summed E-state index contributed by atoms with van der Waals surface area (Å²) in [6, 6.07) is 8.79. The highest BCUT2D eigenvalue weighted by Gasteiger charge is 2.29. The lowest BCUT2D eigenvalue weighted by atomic mass is 10.2. The van der Waals surface area contributed by atoms with Crippen molar-refractivity contribution >= 4 is 39.7 Å². The molecule has 0 amide bonds. The highest BCUT2D eigenvalue weighted by Crippen LogP contribution is 2.29. The summed E-state index contributed by atoms with van der Waals surface area (Å²) in [4.78, 5) is 4.00. The summed E-state index contributed by atoms with van der Waals surface area (Å²) in [5.74, 6) is -0.0948. The van der Waals surface area contributed by atoms with Crippen LogP contribution >= 0.6 is 12.2 Å². The van der Waals surface area contributed by atoms with Gasteiger partial charge in [0.1, 0.15) is 18.1 Å². The van der Waals surface area contributed by atoms with E-state index in [1.807, 2.05) is 13.8 Å². The van der Waals surface area contributed by atoms with Crippen molar-refractivity contribution < 1.29 is 22.3 Å². The minimum absolute atomic E-state index is 0.0662. The van der Waals surface area contributed by atoms with E-state index in [0.717, 1.165) is 10.9 Å². The number of benzene rings is 2. The minimum Gasteiger partial charge on any atom is -0.489 e. The van der Waals surface area contributed by atoms with Crippen molar-refractivity contribution in [1.29, 1.82) is 0 Å². The average Bonchev–Trinajstić information content (AvgIpc) is 2.99. The zero-order valence-corrected chi connectivity index (χ0v) is 16.4. The molecule has 0 aliphatic carbocycles. The van der Waals surface area contributed by atoms with E-state index >= 15 is 0 Å². The molecular formula is C19H18F4N4OS. The maximum absolute atomic E-state index is 13.7. The third-order valence-electron chi connectivity index (χ3n) is 3.79. The van der Waals surface area contributed by atoms with Gasteiger partial charge in [-0.25, -0.2) is 9.37 Å². The van der Waals surface area contributed by atoms with Crippen LogP contribution in [0.4, 0.5) is 28.9 Å². The molecule has 5 nitrogen and oxygen atoms in total. The van der Waals surface area contributed by atoms with Crippen LogP contribution in [0.5, 0.6) is 5.75 Å². The second kappa shape index (κ2) is 8.24. The molecule has 3 aromatic rings. The molecule has 10 heteroatoms. The van der Waals surface area contributed by atoms with Crippen molar-refractivity contribution in [2.75, 3.05) is 10.6 Å². The number of alkyl halides is 3. The van der Waals surface area contributed by atoms with Crippen LogP contribution in [-0.2, 0) is 6.54 Å². The lowest BCUT2D eigenvalue weighted by molar-refractivity contribution is -0.139. The molecule has 0 aliphatic heterocycles. The van der Waals surface area contributed by atoms with Crippen LogP contribution < -0.4 is 15.4 Å². The second-order valence-corrected chi connectivity index (χ2v) is 6.96. The molecule has 0 spiro atoms. The number of fused-ring (bicyclic) bond motifs is 1. The van der Waals surface area contributed by atoms with Crippen molar-refractivity contribution in [2.24, 2.45) is 0 Å². The minimum atomic E-state index is -4.40. The average molecular weight is 426 g/mol. The van der Waals surface area contributed by atoms with Crippen LogP contribution in [0.2, 0.25) is 0 Å². The molecule has 0 saturated heterocycles. The first-order chi connectivity index (χ1) is 13.6. The van der Waals surface area contributed by atoms with Crippen LogP contribution in [0.3, 0.4) is 0 Å². The van der Waals surface area contributed by atoms with E-state index < -0.39 is 18.5 Å². The lowest BCUT2D eigenvalue weighted by Gasteiger charge is -2.17. The molecule has 2 aromatic carbocycles. The number of nitrogens with zero attached hydrogens (tertiary/aromatic N) is 2. The van der Waals surface area contributed by atoms with Crippen molar-refractivity contribution in [1.82, 2.24) is 9.55 Å². The Morgan fingerprint density at radius 2 is 1.90 bits per heavy atom. The van der Waals surface area contributed by atoms with Gasteiger partial charge >= 0.3 is 6.18 Å². The third-order valence-corrected chi connectivity index (χ3v) is 3.99. The molecule has 2 N–H and O–H groups in total. The Bertz CT molecular complexity index is 1030. The lowest BCUT2D eigenvalue weighted by Crippen LogP contribution is -2.21. The maximum atomic E-state index is 13.7. The molecule has 0 unspecified atom stereocenters. The van der Waals surface area contributed by atoms with E-state index in [2.05, 4.69) is 15.6 Å². The molecule has 3 rings (SSSR count). The van der Waals surface area contributed by atoms with E-state index in [4.69, 9.17) is 17.0 Å². The first-order valence-corrected chi connectivity index (χ1v) is 9.08. The Kier molecular flexibility index (Phi) is 5.92. The Hall–Kier alpha value is -2.88. The smallest absolute Gasteiger partial charge is 0.406 e. The zero-order chi connectivity index (χ0) is 21.2. The maximum Gasteiger partial charge on any atom is 0.406 e. The summed E-state index contributed by atoms with van der Waals surface area (Å²) >= 11 is 5.27. The normalized spacial score (nSPS) is 11.7. The van der Waals surface area contributed by atoms with Gasteiger partial charge in [0.15, 0.2) is 5.11 Å². The van der Waals surface area contributed by atoms with E-state index in [9.17, 15) is 17.6 Å². The number of imidazole rings is 1. The van der Waals surface area contributed by atoms with Crippen molar-refractivity contribution in [3.05, 3.63) is 48.5 Å². The molecule has 0 radical (unpaired) electrons. The summed E-state index contributed by atoms with van der Waals surface area (Å²) in [6.07, 6.45) is -3.42. The number of hydrogen-bond donors (Lipinski definition) is 2. The van der Waals surface area contributed by atoms with E-state index in [1.54, 1.807) is 18.2 Å². The predicted octanol–water partition coefficient (Wildman–Crippen LogP) is 5.33. The molecule has 0 atom stereocenters. The van der Waals surface area contributed by atoms with Crippen LogP contribution in [0.1, 0.15) is 13.8 Å². The highest BCUT2D eigenvalue weighted by atomic mass is 32.1. The number of aromatic nitrogens is 2. The van der Waals surface area contributed by atoms with Crippen LogP contribution in [0, 0.1) is 5.82 Å². The van der Waals surface area contributed by atoms with Gasteiger partial charge in [0.2, 0.25) is 0 Å². The van der Waals surface area contributed by atoms with Crippen molar-refractivity contribution in [3.8, 4) is 5.75 Å². The van der Waals surface area contributed by atoms with Gasteiger partial charge < -0.3 is 19.9 Å². The quantitative estimate of drug-likeness (QED) is 0.426. The fourth-order valence-corrected chi connectivity index (χ4v) is 2.99. The summed E-state index contributed by atoms with van der Waals surface area (Å²) in [5.41, 5.74) is 1.28. The molecule has 1 aromatic heterocycles.